The van der Waals surface area contributed by atoms with Crippen molar-refractivity contribution in [2.75, 3.05) is 11.9 Å². The highest BCUT2D eigenvalue weighted by Gasteiger charge is 2.07. The van der Waals surface area contributed by atoms with Crippen molar-refractivity contribution in [3.8, 4) is 0 Å². The number of nitrogens with one attached hydrogen (secondary N) is 1. The second-order valence-corrected chi connectivity index (χ2v) is 3.52. The topological polar surface area (TPSA) is 81.2 Å². The smallest absolute Gasteiger partial charge is 0.252 e. The molecule has 1 amide bonds. The Labute approximate surface area is 98.6 Å². The summed E-state index contributed by atoms with van der Waals surface area (Å²) in [6.07, 6.45) is 3.97. The summed E-state index contributed by atoms with van der Waals surface area (Å²) in [6.45, 7) is 0.630. The van der Waals surface area contributed by atoms with E-state index in [-0.39, 0.29) is 0 Å². The fourth-order valence-corrected chi connectivity index (χ4v) is 1.50. The number of nitrogens with zero attached hydrogens (tertiary/aromatic N) is 1. The summed E-state index contributed by atoms with van der Waals surface area (Å²) >= 11 is 0. The average molecular weight is 231 g/mol. The number of amides is 1. The van der Waals surface area contributed by atoms with Gasteiger partial charge in [-0.15, -0.1) is 0 Å². The minimum Gasteiger partial charge on any atom is -0.469 e. The summed E-state index contributed by atoms with van der Waals surface area (Å²) in [5, 5.41) is 3.06. The van der Waals surface area contributed by atoms with Gasteiger partial charge in [0.25, 0.3) is 5.91 Å². The number of aromatic nitrogens is 1. The van der Waals surface area contributed by atoms with Gasteiger partial charge in [0.2, 0.25) is 0 Å². The summed E-state index contributed by atoms with van der Waals surface area (Å²) in [5.74, 6) is 0.902. The van der Waals surface area contributed by atoms with E-state index in [0.29, 0.717) is 17.9 Å². The molecule has 5 nitrogen and oxygen atoms in total. The molecule has 3 N–H and O–H groups in total. The molecule has 2 aromatic heterocycles. The van der Waals surface area contributed by atoms with Crippen LogP contribution in [0.5, 0.6) is 0 Å². The molecule has 2 heterocycles. The fraction of sp³-hybridized carbons (Fsp3) is 0.167. The lowest BCUT2D eigenvalue weighted by atomic mass is 10.2. The van der Waals surface area contributed by atoms with Crippen molar-refractivity contribution in [2.45, 2.75) is 6.42 Å². The van der Waals surface area contributed by atoms with Gasteiger partial charge in [0.15, 0.2) is 0 Å². The number of nitrogens with two attached hydrogens (primary N) is 1. The maximum absolute atomic E-state index is 11.1. The molecule has 0 saturated heterocycles. The number of furan rings is 1. The highest BCUT2D eigenvalue weighted by atomic mass is 16.3. The van der Waals surface area contributed by atoms with Crippen LogP contribution >= 0.6 is 0 Å². The first-order valence-electron chi connectivity index (χ1n) is 5.28. The van der Waals surface area contributed by atoms with Crippen molar-refractivity contribution in [3.05, 3.63) is 48.0 Å². The van der Waals surface area contributed by atoms with E-state index in [1.165, 1.54) is 0 Å². The molecule has 0 atom stereocenters. The van der Waals surface area contributed by atoms with Crippen LogP contribution in [0, 0.1) is 0 Å². The SMILES string of the molecule is NC(=O)c1cccnc1NCCc1ccco1. The first-order valence-corrected chi connectivity index (χ1v) is 5.28. The highest BCUT2D eigenvalue weighted by Crippen LogP contribution is 2.10. The molecule has 2 rings (SSSR count). The van der Waals surface area contributed by atoms with Gasteiger partial charge in [-0.1, -0.05) is 0 Å². The summed E-state index contributed by atoms with van der Waals surface area (Å²) in [7, 11) is 0. The molecule has 5 heteroatoms. The molecule has 0 saturated carbocycles. The van der Waals surface area contributed by atoms with Crippen molar-refractivity contribution in [2.24, 2.45) is 5.73 Å². The van der Waals surface area contributed by atoms with Crippen LogP contribution in [0.1, 0.15) is 16.1 Å². The fourth-order valence-electron chi connectivity index (χ4n) is 1.50. The Balaban J connectivity index is 1.97. The van der Waals surface area contributed by atoms with E-state index in [1.807, 2.05) is 12.1 Å². The minimum absolute atomic E-state index is 0.395. The van der Waals surface area contributed by atoms with Gasteiger partial charge >= 0.3 is 0 Å². The van der Waals surface area contributed by atoms with Crippen LogP contribution in [-0.4, -0.2) is 17.4 Å². The van der Waals surface area contributed by atoms with Crippen LogP contribution in [0.3, 0.4) is 0 Å². The van der Waals surface area contributed by atoms with Crippen LogP contribution in [0.25, 0.3) is 0 Å². The lowest BCUT2D eigenvalue weighted by Gasteiger charge is -2.07. The Morgan fingerprint density at radius 3 is 3.00 bits per heavy atom. The monoisotopic (exact) mass is 231 g/mol. The Morgan fingerprint density at radius 2 is 2.29 bits per heavy atom. The maximum atomic E-state index is 11.1. The van der Waals surface area contributed by atoms with Crippen LogP contribution in [-0.2, 0) is 6.42 Å². The second kappa shape index (κ2) is 5.16. The van der Waals surface area contributed by atoms with E-state index in [9.17, 15) is 4.79 Å². The summed E-state index contributed by atoms with van der Waals surface area (Å²) in [6, 6.07) is 7.06. The average Bonchev–Trinajstić information content (AvgIpc) is 2.82. The van der Waals surface area contributed by atoms with E-state index in [1.54, 1.807) is 24.6 Å². The molecule has 0 bridgehead atoms. The van der Waals surface area contributed by atoms with E-state index in [4.69, 9.17) is 10.2 Å². The standard InChI is InChI=1S/C12H13N3O2/c13-11(16)10-4-1-6-14-12(10)15-7-5-9-3-2-8-17-9/h1-4,6,8H,5,7H2,(H2,13,16)(H,14,15). The largest absolute Gasteiger partial charge is 0.469 e. The number of primary amides is 1. The van der Waals surface area contributed by atoms with Gasteiger partial charge in [-0.3, -0.25) is 4.79 Å². The molecular formula is C12H13N3O2. The molecule has 0 aromatic carbocycles. The zero-order valence-corrected chi connectivity index (χ0v) is 9.22. The minimum atomic E-state index is -0.487. The molecule has 17 heavy (non-hydrogen) atoms. The van der Waals surface area contributed by atoms with Gasteiger partial charge < -0.3 is 15.5 Å². The summed E-state index contributed by atoms with van der Waals surface area (Å²) < 4.78 is 5.20. The van der Waals surface area contributed by atoms with Gasteiger partial charge in [-0.2, -0.15) is 0 Å². The zero-order chi connectivity index (χ0) is 12.1. The number of hydrogen-bond acceptors (Lipinski definition) is 4. The number of anilines is 1. The van der Waals surface area contributed by atoms with E-state index in [2.05, 4.69) is 10.3 Å². The van der Waals surface area contributed by atoms with E-state index >= 15 is 0 Å². The number of carbonyl (C=O) groups excluding carboxylic acids is 1. The highest BCUT2D eigenvalue weighted by molar-refractivity contribution is 5.97. The van der Waals surface area contributed by atoms with Crippen LogP contribution < -0.4 is 11.1 Å². The quantitative estimate of drug-likeness (QED) is 0.815. The van der Waals surface area contributed by atoms with Gasteiger partial charge in [0, 0.05) is 19.2 Å². The number of pyridine rings is 1. The first-order chi connectivity index (χ1) is 8.27. The van der Waals surface area contributed by atoms with Crippen LogP contribution in [0.2, 0.25) is 0 Å². The summed E-state index contributed by atoms with van der Waals surface area (Å²) in [5.41, 5.74) is 5.64. The van der Waals surface area contributed by atoms with Crippen molar-refractivity contribution in [1.29, 1.82) is 0 Å². The van der Waals surface area contributed by atoms with E-state index in [0.717, 1.165) is 12.2 Å². The van der Waals surface area contributed by atoms with E-state index < -0.39 is 5.91 Å². The first kappa shape index (κ1) is 11.2. The normalized spacial score (nSPS) is 10.1. The number of carbonyl (C=O) groups is 1. The second-order valence-electron chi connectivity index (χ2n) is 3.52. The van der Waals surface area contributed by atoms with Crippen LogP contribution in [0.15, 0.2) is 41.1 Å². The molecule has 0 radical (unpaired) electrons. The lowest BCUT2D eigenvalue weighted by molar-refractivity contribution is 0.100. The zero-order valence-electron chi connectivity index (χ0n) is 9.22. The van der Waals surface area contributed by atoms with Gasteiger partial charge in [0.1, 0.15) is 11.6 Å². The molecule has 88 valence electrons. The van der Waals surface area contributed by atoms with Crippen molar-refractivity contribution in [1.82, 2.24) is 4.98 Å². The third-order valence-corrected chi connectivity index (χ3v) is 2.32. The Bertz CT molecular complexity index is 494. The van der Waals surface area contributed by atoms with Gasteiger partial charge in [0.05, 0.1) is 11.8 Å². The maximum Gasteiger partial charge on any atom is 0.252 e. The lowest BCUT2D eigenvalue weighted by Crippen LogP contribution is -2.16. The van der Waals surface area contributed by atoms with Crippen molar-refractivity contribution < 1.29 is 9.21 Å². The Hall–Kier alpha value is -2.30. The molecule has 2 aromatic rings. The molecule has 0 aliphatic carbocycles. The molecular weight excluding hydrogens is 218 g/mol. The summed E-state index contributed by atoms with van der Waals surface area (Å²) in [4.78, 5) is 15.2. The molecule has 0 aliphatic rings. The van der Waals surface area contributed by atoms with Gasteiger partial charge in [-0.05, 0) is 24.3 Å². The molecule has 0 unspecified atom stereocenters. The van der Waals surface area contributed by atoms with Crippen LogP contribution in [0.4, 0.5) is 5.82 Å². The number of rotatable bonds is 5. The third-order valence-electron chi connectivity index (χ3n) is 2.32. The Morgan fingerprint density at radius 1 is 1.41 bits per heavy atom. The molecule has 0 spiro atoms. The van der Waals surface area contributed by atoms with Gasteiger partial charge in [-0.25, -0.2) is 4.98 Å². The Kier molecular flexibility index (Phi) is 3.40. The number of hydrogen-bond donors (Lipinski definition) is 2. The predicted octanol–water partition coefficient (Wildman–Crippen LogP) is 1.43. The predicted molar refractivity (Wildman–Crippen MR) is 63.7 cm³/mol. The van der Waals surface area contributed by atoms with Crippen molar-refractivity contribution >= 4 is 11.7 Å². The van der Waals surface area contributed by atoms with Crippen molar-refractivity contribution in [3.63, 3.8) is 0 Å². The third kappa shape index (κ3) is 2.84. The molecule has 0 fully saturated rings. The molecule has 0 aliphatic heterocycles.